The molecule has 0 heterocycles. The molecule has 3 amide bonds. The standard InChI is InChI=1S/C22H29N3O2/c1-4-8-16(2)15-21(26)23-17(3)18-11-13-20(14-12-18)25-22(27)24-19-9-6-5-7-10-19/h5-7,9-14,16-17H,4,8,15H2,1-3H3,(H,23,26)(H2,24,25,27). The Morgan fingerprint density at radius 2 is 1.48 bits per heavy atom. The number of hydrogen-bond donors (Lipinski definition) is 3. The summed E-state index contributed by atoms with van der Waals surface area (Å²) in [4.78, 5) is 24.1. The number of amides is 3. The van der Waals surface area contributed by atoms with Gasteiger partial charge in [-0.2, -0.15) is 0 Å². The average Bonchev–Trinajstić information content (AvgIpc) is 2.63. The maximum absolute atomic E-state index is 12.1. The van der Waals surface area contributed by atoms with E-state index in [2.05, 4.69) is 29.8 Å². The number of carbonyl (C=O) groups is 2. The quantitative estimate of drug-likeness (QED) is 0.590. The van der Waals surface area contributed by atoms with Gasteiger partial charge in [0, 0.05) is 17.8 Å². The van der Waals surface area contributed by atoms with Crippen LogP contribution in [0.5, 0.6) is 0 Å². The van der Waals surface area contributed by atoms with Crippen LogP contribution in [-0.2, 0) is 4.79 Å². The van der Waals surface area contributed by atoms with Crippen LogP contribution in [0, 0.1) is 5.92 Å². The van der Waals surface area contributed by atoms with Crippen LogP contribution in [0.2, 0.25) is 0 Å². The van der Waals surface area contributed by atoms with Gasteiger partial charge in [0.15, 0.2) is 0 Å². The smallest absolute Gasteiger partial charge is 0.323 e. The third kappa shape index (κ3) is 7.13. The molecule has 0 spiro atoms. The predicted molar refractivity (Wildman–Crippen MR) is 111 cm³/mol. The SMILES string of the molecule is CCCC(C)CC(=O)NC(C)c1ccc(NC(=O)Nc2ccccc2)cc1. The minimum Gasteiger partial charge on any atom is -0.350 e. The maximum Gasteiger partial charge on any atom is 0.323 e. The third-order valence-electron chi connectivity index (χ3n) is 4.39. The van der Waals surface area contributed by atoms with Crippen molar-refractivity contribution in [3.05, 3.63) is 60.2 Å². The molecule has 3 N–H and O–H groups in total. The molecule has 144 valence electrons. The van der Waals surface area contributed by atoms with Crippen molar-refractivity contribution in [2.45, 2.75) is 46.1 Å². The number of rotatable bonds is 8. The summed E-state index contributed by atoms with van der Waals surface area (Å²) in [5.41, 5.74) is 2.43. The topological polar surface area (TPSA) is 70.2 Å². The second-order valence-electron chi connectivity index (χ2n) is 6.95. The normalized spacial score (nSPS) is 12.7. The van der Waals surface area contributed by atoms with E-state index >= 15 is 0 Å². The zero-order valence-corrected chi connectivity index (χ0v) is 16.3. The van der Waals surface area contributed by atoms with Crippen molar-refractivity contribution in [3.8, 4) is 0 Å². The zero-order chi connectivity index (χ0) is 19.6. The Bertz CT molecular complexity index is 729. The van der Waals surface area contributed by atoms with E-state index in [1.807, 2.05) is 61.5 Å². The first kappa shape index (κ1) is 20.5. The Morgan fingerprint density at radius 1 is 0.889 bits per heavy atom. The molecule has 0 aromatic heterocycles. The first-order valence-electron chi connectivity index (χ1n) is 9.50. The van der Waals surface area contributed by atoms with E-state index < -0.39 is 0 Å². The molecule has 0 fully saturated rings. The maximum atomic E-state index is 12.1. The van der Waals surface area contributed by atoms with Crippen molar-refractivity contribution in [1.29, 1.82) is 0 Å². The molecule has 2 atom stereocenters. The van der Waals surface area contributed by atoms with Crippen molar-refractivity contribution in [1.82, 2.24) is 5.32 Å². The lowest BCUT2D eigenvalue weighted by atomic mass is 10.0. The molecular formula is C22H29N3O2. The van der Waals surface area contributed by atoms with Crippen LogP contribution in [0.25, 0.3) is 0 Å². The van der Waals surface area contributed by atoms with Crippen molar-refractivity contribution < 1.29 is 9.59 Å². The molecule has 0 aliphatic carbocycles. The minimum atomic E-state index is -0.291. The lowest BCUT2D eigenvalue weighted by Gasteiger charge is -2.17. The lowest BCUT2D eigenvalue weighted by Crippen LogP contribution is -2.28. The lowest BCUT2D eigenvalue weighted by molar-refractivity contribution is -0.122. The molecule has 0 aliphatic heterocycles. The van der Waals surface area contributed by atoms with E-state index in [-0.39, 0.29) is 18.0 Å². The largest absolute Gasteiger partial charge is 0.350 e. The van der Waals surface area contributed by atoms with Gasteiger partial charge in [-0.05, 0) is 42.7 Å². The Balaban J connectivity index is 1.84. The van der Waals surface area contributed by atoms with Crippen LogP contribution in [0.1, 0.15) is 51.6 Å². The fourth-order valence-electron chi connectivity index (χ4n) is 2.97. The summed E-state index contributed by atoms with van der Waals surface area (Å²) in [5, 5.41) is 8.62. The second-order valence-corrected chi connectivity index (χ2v) is 6.95. The summed E-state index contributed by atoms with van der Waals surface area (Å²) in [7, 11) is 0. The molecule has 5 nitrogen and oxygen atoms in total. The Morgan fingerprint density at radius 3 is 2.07 bits per heavy atom. The first-order valence-corrected chi connectivity index (χ1v) is 9.50. The number of nitrogens with one attached hydrogen (secondary N) is 3. The van der Waals surface area contributed by atoms with E-state index in [9.17, 15) is 9.59 Å². The predicted octanol–water partition coefficient (Wildman–Crippen LogP) is 5.33. The van der Waals surface area contributed by atoms with E-state index in [1.165, 1.54) is 0 Å². The molecule has 2 aromatic rings. The Hall–Kier alpha value is -2.82. The van der Waals surface area contributed by atoms with Crippen molar-refractivity contribution in [2.75, 3.05) is 10.6 Å². The molecule has 2 rings (SSSR count). The number of urea groups is 1. The van der Waals surface area contributed by atoms with Gasteiger partial charge in [0.1, 0.15) is 0 Å². The van der Waals surface area contributed by atoms with Gasteiger partial charge in [-0.15, -0.1) is 0 Å². The van der Waals surface area contributed by atoms with E-state index in [0.717, 1.165) is 24.1 Å². The molecule has 0 radical (unpaired) electrons. The highest BCUT2D eigenvalue weighted by Crippen LogP contribution is 2.18. The summed E-state index contributed by atoms with van der Waals surface area (Å²) in [5.74, 6) is 0.477. The molecular weight excluding hydrogens is 338 g/mol. The van der Waals surface area contributed by atoms with Crippen LogP contribution >= 0.6 is 0 Å². The summed E-state index contributed by atoms with van der Waals surface area (Å²) < 4.78 is 0. The Labute approximate surface area is 161 Å². The van der Waals surface area contributed by atoms with Crippen LogP contribution in [0.15, 0.2) is 54.6 Å². The van der Waals surface area contributed by atoms with Crippen LogP contribution in [-0.4, -0.2) is 11.9 Å². The first-order chi connectivity index (χ1) is 13.0. The molecule has 0 aliphatic rings. The van der Waals surface area contributed by atoms with Crippen LogP contribution < -0.4 is 16.0 Å². The summed E-state index contributed by atoms with van der Waals surface area (Å²) >= 11 is 0. The molecule has 27 heavy (non-hydrogen) atoms. The highest BCUT2D eigenvalue weighted by molar-refractivity contribution is 5.99. The molecule has 2 unspecified atom stereocenters. The van der Waals surface area contributed by atoms with E-state index in [1.54, 1.807) is 0 Å². The van der Waals surface area contributed by atoms with Gasteiger partial charge in [0.2, 0.25) is 5.91 Å². The summed E-state index contributed by atoms with van der Waals surface area (Å²) in [6, 6.07) is 16.4. The molecule has 0 bridgehead atoms. The molecule has 0 saturated carbocycles. The van der Waals surface area contributed by atoms with Gasteiger partial charge in [-0.25, -0.2) is 4.79 Å². The minimum absolute atomic E-state index is 0.0708. The van der Waals surface area contributed by atoms with Gasteiger partial charge in [-0.1, -0.05) is 57.0 Å². The molecule has 2 aromatic carbocycles. The number of hydrogen-bond acceptors (Lipinski definition) is 2. The van der Waals surface area contributed by atoms with Crippen LogP contribution in [0.4, 0.5) is 16.2 Å². The summed E-state index contributed by atoms with van der Waals surface area (Å²) in [6.45, 7) is 6.20. The second kappa shape index (κ2) is 10.4. The van der Waals surface area contributed by atoms with Gasteiger partial charge in [-0.3, -0.25) is 4.79 Å². The van der Waals surface area contributed by atoms with Crippen molar-refractivity contribution >= 4 is 23.3 Å². The number of benzene rings is 2. The van der Waals surface area contributed by atoms with Crippen LogP contribution in [0.3, 0.4) is 0 Å². The Kier molecular flexibility index (Phi) is 7.86. The monoisotopic (exact) mass is 367 g/mol. The highest BCUT2D eigenvalue weighted by Gasteiger charge is 2.13. The summed E-state index contributed by atoms with van der Waals surface area (Å²) in [6.07, 6.45) is 2.71. The van der Waals surface area contributed by atoms with Gasteiger partial charge >= 0.3 is 6.03 Å². The van der Waals surface area contributed by atoms with Crippen molar-refractivity contribution in [3.63, 3.8) is 0 Å². The van der Waals surface area contributed by atoms with Gasteiger partial charge in [0.05, 0.1) is 6.04 Å². The zero-order valence-electron chi connectivity index (χ0n) is 16.3. The van der Waals surface area contributed by atoms with Gasteiger partial charge < -0.3 is 16.0 Å². The molecule has 5 heteroatoms. The van der Waals surface area contributed by atoms with Gasteiger partial charge in [0.25, 0.3) is 0 Å². The van der Waals surface area contributed by atoms with Crippen molar-refractivity contribution in [2.24, 2.45) is 5.92 Å². The molecule has 0 saturated heterocycles. The number of anilines is 2. The average molecular weight is 367 g/mol. The van der Waals surface area contributed by atoms with E-state index in [0.29, 0.717) is 18.0 Å². The third-order valence-corrected chi connectivity index (χ3v) is 4.39. The fourth-order valence-corrected chi connectivity index (χ4v) is 2.97. The number of carbonyl (C=O) groups excluding carboxylic acids is 2. The highest BCUT2D eigenvalue weighted by atomic mass is 16.2. The number of para-hydroxylation sites is 1. The van der Waals surface area contributed by atoms with E-state index in [4.69, 9.17) is 0 Å². The fraction of sp³-hybridized carbons (Fsp3) is 0.364.